The molecule has 0 radical (unpaired) electrons. The number of ether oxygens (including phenoxy) is 2. The smallest absolute Gasteiger partial charge is 0.387 e. The average molecular weight is 404 g/mol. The number of nitrogens with zero attached hydrogens (tertiary/aromatic N) is 2. The highest BCUT2D eigenvalue weighted by molar-refractivity contribution is 7.07. The summed E-state index contributed by atoms with van der Waals surface area (Å²) in [6.07, 6.45) is 0. The van der Waals surface area contributed by atoms with Crippen molar-refractivity contribution in [2.24, 2.45) is 0 Å². The van der Waals surface area contributed by atoms with E-state index in [0.717, 1.165) is 5.69 Å². The van der Waals surface area contributed by atoms with Gasteiger partial charge in [0.2, 0.25) is 0 Å². The van der Waals surface area contributed by atoms with E-state index in [9.17, 15) is 13.6 Å². The minimum absolute atomic E-state index is 0.0609. The van der Waals surface area contributed by atoms with Crippen molar-refractivity contribution in [3.8, 4) is 11.5 Å². The van der Waals surface area contributed by atoms with Crippen LogP contribution in [0.5, 0.6) is 11.5 Å². The lowest BCUT2D eigenvalue weighted by molar-refractivity contribution is -0.0499. The maximum atomic E-state index is 12.7. The van der Waals surface area contributed by atoms with Gasteiger partial charge in [0, 0.05) is 24.5 Å². The summed E-state index contributed by atoms with van der Waals surface area (Å²) >= 11 is 1.49. The number of thiazole rings is 1. The molecule has 0 saturated heterocycles. The molecule has 3 rings (SSSR count). The molecular weight excluding hydrogens is 386 g/mol. The first-order valence-corrected chi connectivity index (χ1v) is 9.34. The fraction of sp³-hybridized carbons (Fsp3) is 0.200. The zero-order valence-corrected chi connectivity index (χ0v) is 15.9. The molecule has 0 aliphatic carbocycles. The molecular formula is C20H18F2N2O3S. The number of carbonyl (C=O) groups excluding carboxylic acids is 1. The number of rotatable bonds is 8. The monoisotopic (exact) mass is 404 g/mol. The topological polar surface area (TPSA) is 51.7 Å². The Balaban J connectivity index is 1.63. The first kappa shape index (κ1) is 19.8. The highest BCUT2D eigenvalue weighted by Crippen LogP contribution is 2.19. The molecule has 0 unspecified atom stereocenters. The highest BCUT2D eigenvalue weighted by Gasteiger charge is 2.14. The Kier molecular flexibility index (Phi) is 6.54. The number of carbonyl (C=O) groups is 1. The second kappa shape index (κ2) is 9.27. The van der Waals surface area contributed by atoms with Crippen LogP contribution in [0.15, 0.2) is 59.4 Å². The molecule has 0 spiro atoms. The van der Waals surface area contributed by atoms with E-state index in [4.69, 9.17) is 4.74 Å². The number of amides is 1. The van der Waals surface area contributed by atoms with Crippen molar-refractivity contribution in [3.63, 3.8) is 0 Å². The Morgan fingerprint density at radius 1 is 1.18 bits per heavy atom. The lowest BCUT2D eigenvalue weighted by Crippen LogP contribution is -2.26. The van der Waals surface area contributed by atoms with E-state index in [-0.39, 0.29) is 18.2 Å². The molecule has 3 aromatic rings. The molecule has 0 atom stereocenters. The van der Waals surface area contributed by atoms with Crippen molar-refractivity contribution in [2.75, 3.05) is 7.05 Å². The second-order valence-electron chi connectivity index (χ2n) is 5.98. The third-order valence-corrected chi connectivity index (χ3v) is 4.48. The van der Waals surface area contributed by atoms with Crippen molar-refractivity contribution >= 4 is 17.2 Å². The van der Waals surface area contributed by atoms with Crippen LogP contribution in [0.3, 0.4) is 0 Å². The van der Waals surface area contributed by atoms with E-state index in [1.54, 1.807) is 49.0 Å². The zero-order chi connectivity index (χ0) is 19.9. The van der Waals surface area contributed by atoms with E-state index < -0.39 is 6.61 Å². The van der Waals surface area contributed by atoms with E-state index in [0.29, 0.717) is 23.5 Å². The number of aromatic nitrogens is 1. The Hall–Kier alpha value is -3.00. The van der Waals surface area contributed by atoms with Crippen LogP contribution in [-0.2, 0) is 13.2 Å². The summed E-state index contributed by atoms with van der Waals surface area (Å²) in [6.45, 7) is -2.31. The van der Waals surface area contributed by atoms with Crippen molar-refractivity contribution in [1.82, 2.24) is 9.88 Å². The fourth-order valence-electron chi connectivity index (χ4n) is 2.57. The van der Waals surface area contributed by atoms with E-state index in [1.807, 2.05) is 5.38 Å². The molecule has 1 heterocycles. The van der Waals surface area contributed by atoms with Crippen LogP contribution in [0.1, 0.15) is 21.6 Å². The van der Waals surface area contributed by atoms with Crippen LogP contribution >= 0.6 is 11.3 Å². The molecule has 0 aliphatic rings. The maximum Gasteiger partial charge on any atom is 0.387 e. The van der Waals surface area contributed by atoms with Gasteiger partial charge in [-0.15, -0.1) is 11.3 Å². The Morgan fingerprint density at radius 3 is 2.71 bits per heavy atom. The van der Waals surface area contributed by atoms with Crippen LogP contribution in [-0.4, -0.2) is 29.5 Å². The predicted molar refractivity (Wildman–Crippen MR) is 102 cm³/mol. The molecule has 0 fully saturated rings. The molecule has 1 amide bonds. The summed E-state index contributed by atoms with van der Waals surface area (Å²) in [7, 11) is 1.64. The van der Waals surface area contributed by atoms with Crippen LogP contribution in [0.4, 0.5) is 8.78 Å². The van der Waals surface area contributed by atoms with Gasteiger partial charge in [0.15, 0.2) is 0 Å². The van der Waals surface area contributed by atoms with Gasteiger partial charge in [-0.25, -0.2) is 4.98 Å². The summed E-state index contributed by atoms with van der Waals surface area (Å²) in [5, 5.41) is 1.90. The Morgan fingerprint density at radius 2 is 1.96 bits per heavy atom. The first-order chi connectivity index (χ1) is 13.5. The van der Waals surface area contributed by atoms with Gasteiger partial charge in [-0.2, -0.15) is 8.78 Å². The molecule has 2 aromatic carbocycles. The summed E-state index contributed by atoms with van der Waals surface area (Å²) in [5.74, 6) is 0.421. The minimum Gasteiger partial charge on any atom is -0.487 e. The van der Waals surface area contributed by atoms with E-state index >= 15 is 0 Å². The molecule has 5 nitrogen and oxygen atoms in total. The van der Waals surface area contributed by atoms with E-state index in [1.165, 1.54) is 28.4 Å². The van der Waals surface area contributed by atoms with Gasteiger partial charge in [-0.1, -0.05) is 18.2 Å². The number of alkyl halides is 2. The molecule has 1 aromatic heterocycles. The van der Waals surface area contributed by atoms with Gasteiger partial charge in [-0.3, -0.25) is 4.79 Å². The molecule has 8 heteroatoms. The van der Waals surface area contributed by atoms with Gasteiger partial charge in [0.1, 0.15) is 18.1 Å². The fourth-order valence-corrected chi connectivity index (χ4v) is 3.11. The third-order valence-electron chi connectivity index (χ3n) is 3.84. The van der Waals surface area contributed by atoms with Gasteiger partial charge in [-0.05, 0) is 35.9 Å². The van der Waals surface area contributed by atoms with Crippen LogP contribution in [0.25, 0.3) is 0 Å². The van der Waals surface area contributed by atoms with Crippen molar-refractivity contribution < 1.29 is 23.0 Å². The molecule has 146 valence electrons. The van der Waals surface area contributed by atoms with Gasteiger partial charge in [0.25, 0.3) is 5.91 Å². The Bertz CT molecular complexity index is 919. The highest BCUT2D eigenvalue weighted by atomic mass is 32.1. The van der Waals surface area contributed by atoms with Crippen molar-refractivity contribution in [3.05, 3.63) is 76.2 Å². The van der Waals surface area contributed by atoms with Crippen molar-refractivity contribution in [2.45, 2.75) is 19.8 Å². The number of benzene rings is 2. The molecule has 0 N–H and O–H groups in total. The summed E-state index contributed by atoms with van der Waals surface area (Å²) in [4.78, 5) is 18.4. The Labute approximate surface area is 165 Å². The minimum atomic E-state index is -2.89. The van der Waals surface area contributed by atoms with Gasteiger partial charge < -0.3 is 14.4 Å². The SMILES string of the molecule is CN(Cc1cccc(OC(F)F)c1)C(=O)c1cccc(OCc2cscn2)c1. The molecule has 28 heavy (non-hydrogen) atoms. The number of hydrogen-bond donors (Lipinski definition) is 0. The summed E-state index contributed by atoms with van der Waals surface area (Å²) in [6, 6.07) is 13.2. The van der Waals surface area contributed by atoms with Crippen LogP contribution < -0.4 is 9.47 Å². The lowest BCUT2D eigenvalue weighted by Gasteiger charge is -2.18. The van der Waals surface area contributed by atoms with Gasteiger partial charge >= 0.3 is 6.61 Å². The first-order valence-electron chi connectivity index (χ1n) is 8.40. The normalized spacial score (nSPS) is 10.7. The van der Waals surface area contributed by atoms with Crippen molar-refractivity contribution in [1.29, 1.82) is 0 Å². The molecule has 0 aliphatic heterocycles. The van der Waals surface area contributed by atoms with Crippen LogP contribution in [0, 0.1) is 0 Å². The van der Waals surface area contributed by atoms with Crippen LogP contribution in [0.2, 0.25) is 0 Å². The van der Waals surface area contributed by atoms with E-state index in [2.05, 4.69) is 9.72 Å². The average Bonchev–Trinajstić information content (AvgIpc) is 3.19. The largest absolute Gasteiger partial charge is 0.487 e. The molecule has 0 saturated carbocycles. The number of halogens is 2. The maximum absolute atomic E-state index is 12.7. The summed E-state index contributed by atoms with van der Waals surface area (Å²) < 4.78 is 34.8. The third kappa shape index (κ3) is 5.50. The zero-order valence-electron chi connectivity index (χ0n) is 15.0. The predicted octanol–water partition coefficient (Wildman–Crippen LogP) is 4.60. The molecule has 0 bridgehead atoms. The lowest BCUT2D eigenvalue weighted by atomic mass is 10.1. The number of hydrogen-bond acceptors (Lipinski definition) is 5. The second-order valence-corrected chi connectivity index (χ2v) is 6.70. The quantitative estimate of drug-likeness (QED) is 0.551. The standard InChI is InChI=1S/C20H18F2N2O3S/c1-24(10-14-4-2-7-18(8-14)27-20(21)22)19(25)15-5-3-6-17(9-15)26-11-16-12-28-13-23-16/h2-9,12-13,20H,10-11H2,1H3. The van der Waals surface area contributed by atoms with Gasteiger partial charge in [0.05, 0.1) is 11.2 Å². The summed E-state index contributed by atoms with van der Waals surface area (Å²) in [5.41, 5.74) is 3.71.